The van der Waals surface area contributed by atoms with Crippen molar-refractivity contribution >= 4 is 29.9 Å². The number of benzene rings is 1. The third-order valence-electron chi connectivity index (χ3n) is 3.49. The summed E-state index contributed by atoms with van der Waals surface area (Å²) in [6.45, 7) is 7.11. The third kappa shape index (κ3) is 5.75. The van der Waals surface area contributed by atoms with Gasteiger partial charge in [0.1, 0.15) is 0 Å². The first-order chi connectivity index (χ1) is 10.4. The van der Waals surface area contributed by atoms with Crippen LogP contribution in [0.2, 0.25) is 0 Å². The second-order valence-electron chi connectivity index (χ2n) is 6.67. The van der Waals surface area contributed by atoms with Gasteiger partial charge in [0.25, 0.3) is 5.91 Å². The van der Waals surface area contributed by atoms with E-state index in [2.05, 4.69) is 16.0 Å². The van der Waals surface area contributed by atoms with Gasteiger partial charge in [-0.2, -0.15) is 0 Å². The van der Waals surface area contributed by atoms with Gasteiger partial charge in [0.2, 0.25) is 5.91 Å². The molecule has 0 spiro atoms. The van der Waals surface area contributed by atoms with Crippen molar-refractivity contribution < 1.29 is 9.59 Å². The molecule has 1 aromatic rings. The Morgan fingerprint density at radius 1 is 1.26 bits per heavy atom. The molecule has 23 heavy (non-hydrogen) atoms. The Bertz CT molecular complexity index is 567. The molecule has 2 amide bonds. The standard InChI is InChI=1S/C17H25N3O2.ClH/c1-17(2,3)20-15(21)9-11-19-16(22)13-6-4-8-14-12(13)7-5-10-18-14;/h4,6,8,18H,5,7,9-11H2,1-3H3,(H,19,22)(H,20,21);1H. The lowest BCUT2D eigenvalue weighted by molar-refractivity contribution is -0.122. The zero-order chi connectivity index (χ0) is 16.2. The maximum Gasteiger partial charge on any atom is 0.251 e. The van der Waals surface area contributed by atoms with Crippen molar-refractivity contribution in [2.75, 3.05) is 18.4 Å². The minimum absolute atomic E-state index is 0. The third-order valence-corrected chi connectivity index (χ3v) is 3.49. The first-order valence-corrected chi connectivity index (χ1v) is 7.82. The summed E-state index contributed by atoms with van der Waals surface area (Å²) in [6.07, 6.45) is 2.23. The highest BCUT2D eigenvalue weighted by atomic mass is 35.5. The molecule has 3 N–H and O–H groups in total. The lowest BCUT2D eigenvalue weighted by Crippen LogP contribution is -2.42. The number of halogens is 1. The van der Waals surface area contributed by atoms with Crippen molar-refractivity contribution in [2.24, 2.45) is 0 Å². The summed E-state index contributed by atoms with van der Waals surface area (Å²) >= 11 is 0. The lowest BCUT2D eigenvalue weighted by Gasteiger charge is -2.21. The van der Waals surface area contributed by atoms with Gasteiger partial charge < -0.3 is 16.0 Å². The molecule has 1 aliphatic heterocycles. The van der Waals surface area contributed by atoms with Gasteiger partial charge in [-0.05, 0) is 51.3 Å². The summed E-state index contributed by atoms with van der Waals surface area (Å²) in [5, 5.41) is 9.03. The molecule has 0 saturated heterocycles. The van der Waals surface area contributed by atoms with Crippen LogP contribution in [0.25, 0.3) is 0 Å². The molecular formula is C17H26ClN3O2. The van der Waals surface area contributed by atoms with Crippen LogP contribution in [0.4, 0.5) is 5.69 Å². The van der Waals surface area contributed by atoms with Gasteiger partial charge in [0.15, 0.2) is 0 Å². The smallest absolute Gasteiger partial charge is 0.251 e. The maximum absolute atomic E-state index is 12.3. The van der Waals surface area contributed by atoms with Crippen LogP contribution in [0.1, 0.15) is 49.5 Å². The Labute approximate surface area is 144 Å². The highest BCUT2D eigenvalue weighted by Gasteiger charge is 2.18. The molecule has 0 fully saturated rings. The number of anilines is 1. The van der Waals surface area contributed by atoms with Gasteiger partial charge in [-0.3, -0.25) is 9.59 Å². The average Bonchev–Trinajstić information content (AvgIpc) is 2.44. The Kier molecular flexibility index (Phi) is 6.88. The quantitative estimate of drug-likeness (QED) is 0.789. The molecule has 0 atom stereocenters. The fraction of sp³-hybridized carbons (Fsp3) is 0.529. The number of hydrogen-bond donors (Lipinski definition) is 3. The molecule has 1 heterocycles. The van der Waals surface area contributed by atoms with E-state index in [1.807, 2.05) is 39.0 Å². The number of hydrogen-bond acceptors (Lipinski definition) is 3. The topological polar surface area (TPSA) is 70.2 Å². The van der Waals surface area contributed by atoms with Crippen LogP contribution in [-0.2, 0) is 11.2 Å². The van der Waals surface area contributed by atoms with Crippen LogP contribution < -0.4 is 16.0 Å². The summed E-state index contributed by atoms with van der Waals surface area (Å²) in [4.78, 5) is 24.0. The molecule has 0 aromatic heterocycles. The van der Waals surface area contributed by atoms with Gasteiger partial charge in [-0.25, -0.2) is 0 Å². The van der Waals surface area contributed by atoms with Gasteiger partial charge in [-0.15, -0.1) is 12.4 Å². The second-order valence-corrected chi connectivity index (χ2v) is 6.67. The van der Waals surface area contributed by atoms with Crippen molar-refractivity contribution in [3.63, 3.8) is 0 Å². The minimum Gasteiger partial charge on any atom is -0.385 e. The van der Waals surface area contributed by atoms with E-state index in [9.17, 15) is 9.59 Å². The van der Waals surface area contributed by atoms with Crippen molar-refractivity contribution in [1.29, 1.82) is 0 Å². The predicted octanol–water partition coefficient (Wildman–Crippen LogP) is 2.50. The monoisotopic (exact) mass is 339 g/mol. The highest BCUT2D eigenvalue weighted by Crippen LogP contribution is 2.25. The Balaban J connectivity index is 0.00000264. The normalized spacial score (nSPS) is 13.2. The summed E-state index contributed by atoms with van der Waals surface area (Å²) in [5.74, 6) is -0.159. The Morgan fingerprint density at radius 2 is 2.00 bits per heavy atom. The maximum atomic E-state index is 12.3. The van der Waals surface area contributed by atoms with Crippen LogP contribution in [0.5, 0.6) is 0 Å². The fourth-order valence-electron chi connectivity index (χ4n) is 2.59. The first kappa shape index (κ1) is 19.3. The first-order valence-electron chi connectivity index (χ1n) is 7.82. The number of carbonyl (C=O) groups excluding carboxylic acids is 2. The summed E-state index contributed by atoms with van der Waals surface area (Å²) < 4.78 is 0. The number of amides is 2. The number of nitrogens with one attached hydrogen (secondary N) is 3. The van der Waals surface area contributed by atoms with E-state index in [0.29, 0.717) is 12.1 Å². The van der Waals surface area contributed by atoms with Crippen LogP contribution in [0.15, 0.2) is 18.2 Å². The van der Waals surface area contributed by atoms with Crippen LogP contribution in [0.3, 0.4) is 0 Å². The number of carbonyl (C=O) groups is 2. The molecule has 2 rings (SSSR count). The van der Waals surface area contributed by atoms with E-state index >= 15 is 0 Å². The fourth-order valence-corrected chi connectivity index (χ4v) is 2.59. The van der Waals surface area contributed by atoms with Crippen molar-refractivity contribution in [3.05, 3.63) is 29.3 Å². The number of fused-ring (bicyclic) bond motifs is 1. The Hall–Kier alpha value is -1.75. The van der Waals surface area contributed by atoms with Crippen LogP contribution in [0, 0.1) is 0 Å². The van der Waals surface area contributed by atoms with Gasteiger partial charge in [-0.1, -0.05) is 6.07 Å². The molecule has 6 heteroatoms. The summed E-state index contributed by atoms with van der Waals surface area (Å²) in [5.41, 5.74) is 2.58. The molecule has 0 bridgehead atoms. The zero-order valence-electron chi connectivity index (χ0n) is 14.0. The highest BCUT2D eigenvalue weighted by molar-refractivity contribution is 5.97. The van der Waals surface area contributed by atoms with Crippen molar-refractivity contribution in [1.82, 2.24) is 10.6 Å². The van der Waals surface area contributed by atoms with E-state index in [-0.39, 0.29) is 36.2 Å². The second kappa shape index (κ2) is 8.20. The summed E-state index contributed by atoms with van der Waals surface area (Å²) in [6, 6.07) is 5.73. The Morgan fingerprint density at radius 3 is 2.70 bits per heavy atom. The van der Waals surface area contributed by atoms with E-state index in [4.69, 9.17) is 0 Å². The molecule has 128 valence electrons. The van der Waals surface area contributed by atoms with Crippen LogP contribution >= 0.6 is 12.4 Å². The van der Waals surface area contributed by atoms with E-state index in [1.165, 1.54) is 0 Å². The molecule has 1 aromatic carbocycles. The molecular weight excluding hydrogens is 314 g/mol. The zero-order valence-corrected chi connectivity index (χ0v) is 14.8. The largest absolute Gasteiger partial charge is 0.385 e. The molecule has 1 aliphatic rings. The molecule has 0 unspecified atom stereocenters. The SMILES string of the molecule is CC(C)(C)NC(=O)CCNC(=O)c1cccc2c1CCCN2.Cl. The predicted molar refractivity (Wildman–Crippen MR) is 95.3 cm³/mol. The van der Waals surface area contributed by atoms with Crippen LogP contribution in [-0.4, -0.2) is 30.4 Å². The number of rotatable bonds is 4. The molecule has 0 aliphatic carbocycles. The molecule has 5 nitrogen and oxygen atoms in total. The van der Waals surface area contributed by atoms with Crippen molar-refractivity contribution in [2.45, 2.75) is 45.6 Å². The van der Waals surface area contributed by atoms with Gasteiger partial charge in [0, 0.05) is 36.3 Å². The molecule has 0 saturated carbocycles. The summed E-state index contributed by atoms with van der Waals surface area (Å²) in [7, 11) is 0. The van der Waals surface area contributed by atoms with E-state index in [1.54, 1.807) is 0 Å². The van der Waals surface area contributed by atoms with E-state index in [0.717, 1.165) is 30.6 Å². The van der Waals surface area contributed by atoms with Crippen molar-refractivity contribution in [3.8, 4) is 0 Å². The average molecular weight is 340 g/mol. The minimum atomic E-state index is -0.245. The van der Waals surface area contributed by atoms with Gasteiger partial charge in [0.05, 0.1) is 0 Å². The van der Waals surface area contributed by atoms with E-state index < -0.39 is 0 Å². The molecule has 0 radical (unpaired) electrons. The lowest BCUT2D eigenvalue weighted by atomic mass is 9.97. The van der Waals surface area contributed by atoms with Gasteiger partial charge >= 0.3 is 0 Å².